The normalized spacial score (nSPS) is 10.8. The van der Waals surface area contributed by atoms with Gasteiger partial charge in [-0.3, -0.25) is 0 Å². The number of rotatable bonds is 2. The summed E-state index contributed by atoms with van der Waals surface area (Å²) in [5.74, 6) is 7.03. The van der Waals surface area contributed by atoms with Crippen molar-refractivity contribution >= 4 is 33.3 Å². The molecule has 0 spiro atoms. The van der Waals surface area contributed by atoms with Crippen LogP contribution in [0.1, 0.15) is 0 Å². The van der Waals surface area contributed by atoms with E-state index in [1.165, 1.54) is 4.68 Å². The van der Waals surface area contributed by atoms with Crippen LogP contribution in [-0.2, 0) is 0 Å². The van der Waals surface area contributed by atoms with E-state index in [1.54, 1.807) is 12.1 Å². The summed E-state index contributed by atoms with van der Waals surface area (Å²) in [6.45, 7) is 0. The highest BCUT2D eigenvalue weighted by molar-refractivity contribution is 9.10. The molecule has 3 rings (SSSR count). The fourth-order valence-electron chi connectivity index (χ4n) is 2.11. The summed E-state index contributed by atoms with van der Waals surface area (Å²) < 4.78 is 2.24. The summed E-state index contributed by atoms with van der Waals surface area (Å²) >= 11 is 9.54. The molecule has 4 nitrogen and oxygen atoms in total. The minimum Gasteiger partial charge on any atom is -0.382 e. The fourth-order valence-corrected chi connectivity index (χ4v) is 2.72. The van der Waals surface area contributed by atoms with Crippen LogP contribution in [0.25, 0.3) is 22.6 Å². The van der Waals surface area contributed by atoms with Crippen LogP contribution in [0.5, 0.6) is 0 Å². The minimum atomic E-state index is 0.386. The van der Waals surface area contributed by atoms with Crippen molar-refractivity contribution < 1.29 is 0 Å². The lowest BCUT2D eigenvalue weighted by Crippen LogP contribution is -2.13. The third-order valence-electron chi connectivity index (χ3n) is 3.16. The van der Waals surface area contributed by atoms with Gasteiger partial charge in [0.2, 0.25) is 0 Å². The van der Waals surface area contributed by atoms with E-state index in [0.717, 1.165) is 15.6 Å². The van der Waals surface area contributed by atoms with Crippen LogP contribution in [0.4, 0.5) is 5.82 Å². The summed E-state index contributed by atoms with van der Waals surface area (Å²) in [5, 5.41) is 0.612. The van der Waals surface area contributed by atoms with Crippen LogP contribution in [0.15, 0.2) is 53.0 Å². The SMILES string of the molecule is Nc1c(-c2cc(Cl)ccc2Br)nc(-c2ccccc2)n1N. The van der Waals surface area contributed by atoms with Gasteiger partial charge in [0, 0.05) is 20.6 Å². The van der Waals surface area contributed by atoms with E-state index in [1.807, 2.05) is 36.4 Å². The van der Waals surface area contributed by atoms with Crippen LogP contribution in [0.2, 0.25) is 5.02 Å². The number of halogens is 2. The van der Waals surface area contributed by atoms with Crippen molar-refractivity contribution in [2.24, 2.45) is 0 Å². The predicted octanol–water partition coefficient (Wildman–Crippen LogP) is 3.93. The second-order valence-electron chi connectivity index (χ2n) is 4.53. The Balaban J connectivity index is 2.20. The lowest BCUT2D eigenvalue weighted by atomic mass is 10.1. The first-order valence-corrected chi connectivity index (χ1v) is 7.39. The molecule has 1 aromatic heterocycles. The average Bonchev–Trinajstić information content (AvgIpc) is 2.79. The van der Waals surface area contributed by atoms with Crippen molar-refractivity contribution in [3.63, 3.8) is 0 Å². The number of imidazole rings is 1. The van der Waals surface area contributed by atoms with Crippen molar-refractivity contribution in [1.82, 2.24) is 9.66 Å². The van der Waals surface area contributed by atoms with Crippen LogP contribution < -0.4 is 11.6 Å². The zero-order valence-electron chi connectivity index (χ0n) is 10.9. The van der Waals surface area contributed by atoms with Gasteiger partial charge in [-0.15, -0.1) is 0 Å². The summed E-state index contributed by atoms with van der Waals surface area (Å²) in [5.41, 5.74) is 8.41. The Bertz CT molecular complexity index is 799. The molecule has 0 aliphatic heterocycles. The summed E-state index contributed by atoms with van der Waals surface area (Å²) in [4.78, 5) is 4.58. The van der Waals surface area contributed by atoms with Gasteiger partial charge in [0.1, 0.15) is 5.69 Å². The molecule has 0 aliphatic carbocycles. The third kappa shape index (κ3) is 2.50. The van der Waals surface area contributed by atoms with Gasteiger partial charge >= 0.3 is 0 Å². The van der Waals surface area contributed by atoms with Gasteiger partial charge in [-0.25, -0.2) is 9.66 Å². The molecule has 3 aromatic rings. The molecule has 0 saturated carbocycles. The molecule has 0 bridgehead atoms. The number of anilines is 1. The van der Waals surface area contributed by atoms with Gasteiger partial charge in [-0.1, -0.05) is 57.9 Å². The Kier molecular flexibility index (Phi) is 3.61. The van der Waals surface area contributed by atoms with E-state index in [2.05, 4.69) is 20.9 Å². The number of benzene rings is 2. The molecular formula is C15H12BrClN4. The predicted molar refractivity (Wildman–Crippen MR) is 90.4 cm³/mol. The Morgan fingerprint density at radius 3 is 2.52 bits per heavy atom. The Hall–Kier alpha value is -1.98. The lowest BCUT2D eigenvalue weighted by Gasteiger charge is -2.04. The van der Waals surface area contributed by atoms with E-state index in [9.17, 15) is 0 Å². The number of nitrogens with zero attached hydrogens (tertiary/aromatic N) is 2. The van der Waals surface area contributed by atoms with Gasteiger partial charge in [0.25, 0.3) is 0 Å². The largest absolute Gasteiger partial charge is 0.382 e. The molecule has 0 aliphatic rings. The monoisotopic (exact) mass is 362 g/mol. The molecule has 4 N–H and O–H groups in total. The van der Waals surface area contributed by atoms with Crippen LogP contribution in [0.3, 0.4) is 0 Å². The van der Waals surface area contributed by atoms with Crippen LogP contribution in [0, 0.1) is 0 Å². The highest BCUT2D eigenvalue weighted by Crippen LogP contribution is 2.35. The van der Waals surface area contributed by atoms with Crippen LogP contribution >= 0.6 is 27.5 Å². The number of nitrogens with two attached hydrogens (primary N) is 2. The molecule has 0 unspecified atom stereocenters. The quantitative estimate of drug-likeness (QED) is 0.678. The lowest BCUT2D eigenvalue weighted by molar-refractivity contribution is 1.02. The number of hydrogen-bond acceptors (Lipinski definition) is 3. The minimum absolute atomic E-state index is 0.386. The Morgan fingerprint density at radius 2 is 1.81 bits per heavy atom. The van der Waals surface area contributed by atoms with Gasteiger partial charge in [-0.2, -0.15) is 0 Å². The van der Waals surface area contributed by atoms with Crippen molar-refractivity contribution in [2.75, 3.05) is 11.6 Å². The second-order valence-corrected chi connectivity index (χ2v) is 5.82. The highest BCUT2D eigenvalue weighted by atomic mass is 79.9. The van der Waals surface area contributed by atoms with Crippen molar-refractivity contribution in [3.8, 4) is 22.6 Å². The molecule has 2 aromatic carbocycles. The smallest absolute Gasteiger partial charge is 0.160 e. The van der Waals surface area contributed by atoms with Crippen molar-refractivity contribution in [3.05, 3.63) is 58.0 Å². The van der Waals surface area contributed by atoms with E-state index in [0.29, 0.717) is 22.4 Å². The van der Waals surface area contributed by atoms with E-state index in [4.69, 9.17) is 23.2 Å². The number of aromatic nitrogens is 2. The molecular weight excluding hydrogens is 352 g/mol. The third-order valence-corrected chi connectivity index (χ3v) is 4.09. The molecule has 0 amide bonds. The summed E-state index contributed by atoms with van der Waals surface area (Å²) in [7, 11) is 0. The second kappa shape index (κ2) is 5.42. The van der Waals surface area contributed by atoms with Crippen molar-refractivity contribution in [1.29, 1.82) is 0 Å². The van der Waals surface area contributed by atoms with Gasteiger partial charge in [-0.05, 0) is 18.2 Å². The zero-order chi connectivity index (χ0) is 15.0. The standard InChI is InChI=1S/C15H12BrClN4/c16-12-7-6-10(17)8-11(12)13-14(18)21(19)15(20-13)9-4-2-1-3-5-9/h1-8H,18-19H2. The van der Waals surface area contributed by atoms with Crippen LogP contribution in [-0.4, -0.2) is 9.66 Å². The molecule has 0 radical (unpaired) electrons. The average molecular weight is 364 g/mol. The first-order valence-electron chi connectivity index (χ1n) is 6.22. The number of hydrogen-bond donors (Lipinski definition) is 2. The summed E-state index contributed by atoms with van der Waals surface area (Å²) in [6, 6.07) is 15.1. The molecule has 0 atom stereocenters. The van der Waals surface area contributed by atoms with Crippen molar-refractivity contribution in [2.45, 2.75) is 0 Å². The van der Waals surface area contributed by atoms with Gasteiger partial charge in [0.05, 0.1) is 0 Å². The highest BCUT2D eigenvalue weighted by Gasteiger charge is 2.17. The van der Waals surface area contributed by atoms with E-state index >= 15 is 0 Å². The number of nitrogen functional groups attached to an aromatic ring is 2. The molecule has 0 saturated heterocycles. The van der Waals surface area contributed by atoms with Gasteiger partial charge in [0.15, 0.2) is 11.6 Å². The first kappa shape index (κ1) is 14.0. The zero-order valence-corrected chi connectivity index (χ0v) is 13.3. The molecule has 6 heteroatoms. The Morgan fingerprint density at radius 1 is 1.10 bits per heavy atom. The first-order chi connectivity index (χ1) is 10.1. The van der Waals surface area contributed by atoms with Gasteiger partial charge < -0.3 is 11.6 Å². The molecule has 21 heavy (non-hydrogen) atoms. The Labute approximate surface area is 135 Å². The maximum Gasteiger partial charge on any atom is 0.160 e. The molecule has 1 heterocycles. The maximum absolute atomic E-state index is 6.10. The fraction of sp³-hybridized carbons (Fsp3) is 0. The molecule has 106 valence electrons. The maximum atomic E-state index is 6.10. The van der Waals surface area contributed by atoms with E-state index < -0.39 is 0 Å². The van der Waals surface area contributed by atoms with E-state index in [-0.39, 0.29) is 0 Å². The summed E-state index contributed by atoms with van der Waals surface area (Å²) in [6.07, 6.45) is 0. The molecule has 0 fully saturated rings. The topological polar surface area (TPSA) is 69.9 Å².